The molecule has 1 fully saturated rings. The number of urea groups is 1. The Morgan fingerprint density at radius 3 is 2.39 bits per heavy atom. The summed E-state index contributed by atoms with van der Waals surface area (Å²) >= 11 is 0. The molecule has 1 aliphatic heterocycles. The lowest BCUT2D eigenvalue weighted by Gasteiger charge is -2.45. The Bertz CT molecular complexity index is 998. The number of benzene rings is 2. The molecule has 2 aromatic rings. The lowest BCUT2D eigenvalue weighted by molar-refractivity contribution is -0.120. The summed E-state index contributed by atoms with van der Waals surface area (Å²) in [6.07, 6.45) is 4.14. The van der Waals surface area contributed by atoms with E-state index >= 15 is 0 Å². The Hall–Kier alpha value is -3.19. The monoisotopic (exact) mass is 493 g/mol. The van der Waals surface area contributed by atoms with Crippen molar-refractivity contribution in [2.24, 2.45) is 5.92 Å². The predicted molar refractivity (Wildman–Crippen MR) is 141 cm³/mol. The third-order valence-electron chi connectivity index (χ3n) is 6.89. The number of piperidine rings is 1. The summed E-state index contributed by atoms with van der Waals surface area (Å²) in [6, 6.07) is 15.7. The fourth-order valence-electron chi connectivity index (χ4n) is 4.71. The number of aldehydes is 2. The SMILES string of the molecule is COc1ccc(CCN(C(=O)NCC(C)C)C2(C=O)CCN(Cc3cccc(CC=O)c3)CC2)cc1. The molecule has 1 aliphatic rings. The number of methoxy groups -OCH3 is 1. The summed E-state index contributed by atoms with van der Waals surface area (Å²) in [5.41, 5.74) is 2.42. The summed E-state index contributed by atoms with van der Waals surface area (Å²) < 4.78 is 5.25. The molecule has 1 N–H and O–H groups in total. The molecule has 7 nitrogen and oxygen atoms in total. The maximum Gasteiger partial charge on any atom is 0.318 e. The third kappa shape index (κ3) is 7.40. The summed E-state index contributed by atoms with van der Waals surface area (Å²) in [4.78, 5) is 40.8. The molecule has 7 heteroatoms. The van der Waals surface area contributed by atoms with Crippen LogP contribution < -0.4 is 10.1 Å². The lowest BCUT2D eigenvalue weighted by Crippen LogP contribution is -2.61. The second kappa shape index (κ2) is 13.2. The van der Waals surface area contributed by atoms with E-state index in [1.807, 2.05) is 36.4 Å². The van der Waals surface area contributed by atoms with Crippen LogP contribution in [0.2, 0.25) is 0 Å². The predicted octanol–water partition coefficient (Wildman–Crippen LogP) is 3.88. The van der Waals surface area contributed by atoms with Crippen molar-refractivity contribution in [1.29, 1.82) is 0 Å². The maximum atomic E-state index is 13.3. The van der Waals surface area contributed by atoms with E-state index in [4.69, 9.17) is 4.74 Å². The average Bonchev–Trinajstić information content (AvgIpc) is 2.89. The van der Waals surface area contributed by atoms with Crippen LogP contribution in [0.4, 0.5) is 4.79 Å². The Kier molecular flexibility index (Phi) is 10.1. The van der Waals surface area contributed by atoms with Crippen molar-refractivity contribution in [2.75, 3.05) is 33.3 Å². The molecule has 1 saturated heterocycles. The summed E-state index contributed by atoms with van der Waals surface area (Å²) in [5, 5.41) is 3.03. The van der Waals surface area contributed by atoms with Crippen LogP contribution in [0.5, 0.6) is 5.75 Å². The van der Waals surface area contributed by atoms with Crippen LogP contribution in [-0.2, 0) is 29.0 Å². The van der Waals surface area contributed by atoms with Gasteiger partial charge in [-0.05, 0) is 54.0 Å². The van der Waals surface area contributed by atoms with Gasteiger partial charge in [-0.15, -0.1) is 0 Å². The van der Waals surface area contributed by atoms with E-state index in [0.717, 1.165) is 41.6 Å². The highest BCUT2D eigenvalue weighted by atomic mass is 16.5. The van der Waals surface area contributed by atoms with Gasteiger partial charge >= 0.3 is 6.03 Å². The van der Waals surface area contributed by atoms with Crippen LogP contribution in [0.25, 0.3) is 0 Å². The van der Waals surface area contributed by atoms with E-state index in [2.05, 4.69) is 36.2 Å². The minimum absolute atomic E-state index is 0.181. The molecule has 0 radical (unpaired) electrons. The van der Waals surface area contributed by atoms with E-state index in [1.54, 1.807) is 12.0 Å². The molecule has 0 aromatic heterocycles. The number of amides is 2. The second-order valence-corrected chi connectivity index (χ2v) is 10.0. The Labute approximate surface area is 214 Å². The number of ether oxygens (including phenoxy) is 1. The third-order valence-corrected chi connectivity index (χ3v) is 6.89. The Morgan fingerprint density at radius 1 is 1.08 bits per heavy atom. The van der Waals surface area contributed by atoms with E-state index in [-0.39, 0.29) is 6.03 Å². The van der Waals surface area contributed by atoms with Crippen molar-refractivity contribution in [3.8, 4) is 5.75 Å². The molecule has 1 heterocycles. The molecule has 3 rings (SSSR count). The van der Waals surface area contributed by atoms with Gasteiger partial charge in [0, 0.05) is 39.1 Å². The number of hydrogen-bond acceptors (Lipinski definition) is 5. The number of carbonyl (C=O) groups excluding carboxylic acids is 3. The zero-order chi connectivity index (χ0) is 26.0. The van der Waals surface area contributed by atoms with Gasteiger partial charge in [-0.2, -0.15) is 0 Å². The van der Waals surface area contributed by atoms with Gasteiger partial charge in [0.15, 0.2) is 0 Å². The van der Waals surface area contributed by atoms with E-state index in [9.17, 15) is 14.4 Å². The molecular formula is C29H39N3O4. The molecule has 0 atom stereocenters. The summed E-state index contributed by atoms with van der Waals surface area (Å²) in [5.74, 6) is 1.11. The Morgan fingerprint density at radius 2 is 1.78 bits per heavy atom. The van der Waals surface area contributed by atoms with Gasteiger partial charge in [0.2, 0.25) is 0 Å². The van der Waals surface area contributed by atoms with Crippen LogP contribution in [0.1, 0.15) is 43.4 Å². The highest BCUT2D eigenvalue weighted by molar-refractivity contribution is 5.80. The number of hydrogen-bond donors (Lipinski definition) is 1. The number of carbonyl (C=O) groups is 3. The van der Waals surface area contributed by atoms with Crippen LogP contribution >= 0.6 is 0 Å². The van der Waals surface area contributed by atoms with Gasteiger partial charge in [-0.1, -0.05) is 50.2 Å². The highest BCUT2D eigenvalue weighted by Crippen LogP contribution is 2.29. The first-order chi connectivity index (χ1) is 17.4. The normalized spacial score (nSPS) is 15.3. The second-order valence-electron chi connectivity index (χ2n) is 10.0. The fraction of sp³-hybridized carbons (Fsp3) is 0.483. The summed E-state index contributed by atoms with van der Waals surface area (Å²) in [6.45, 7) is 7.33. The number of rotatable bonds is 12. The highest BCUT2D eigenvalue weighted by Gasteiger charge is 2.42. The topological polar surface area (TPSA) is 79.0 Å². The molecule has 0 aliphatic carbocycles. The zero-order valence-electron chi connectivity index (χ0n) is 21.7. The smallest absolute Gasteiger partial charge is 0.318 e. The number of nitrogens with zero attached hydrogens (tertiary/aromatic N) is 2. The zero-order valence-corrected chi connectivity index (χ0v) is 21.7. The Balaban J connectivity index is 1.70. The van der Waals surface area contributed by atoms with Crippen molar-refractivity contribution < 1.29 is 19.1 Å². The largest absolute Gasteiger partial charge is 0.497 e. The molecule has 0 unspecified atom stereocenters. The molecule has 194 valence electrons. The molecular weight excluding hydrogens is 454 g/mol. The van der Waals surface area contributed by atoms with Crippen LogP contribution in [0, 0.1) is 5.92 Å². The van der Waals surface area contributed by atoms with Gasteiger partial charge in [-0.3, -0.25) is 4.90 Å². The molecule has 2 amide bonds. The van der Waals surface area contributed by atoms with Crippen molar-refractivity contribution in [3.63, 3.8) is 0 Å². The van der Waals surface area contributed by atoms with Crippen LogP contribution in [0.3, 0.4) is 0 Å². The van der Waals surface area contributed by atoms with Gasteiger partial charge in [0.05, 0.1) is 7.11 Å². The fourth-order valence-corrected chi connectivity index (χ4v) is 4.71. The number of likely N-dealkylation sites (tertiary alicyclic amines) is 1. The number of nitrogens with one attached hydrogen (secondary N) is 1. The van der Waals surface area contributed by atoms with E-state index in [0.29, 0.717) is 57.8 Å². The van der Waals surface area contributed by atoms with Gasteiger partial charge in [-0.25, -0.2) is 4.79 Å². The quantitative estimate of drug-likeness (QED) is 0.454. The minimum Gasteiger partial charge on any atom is -0.497 e. The molecule has 0 bridgehead atoms. The lowest BCUT2D eigenvalue weighted by atomic mass is 9.86. The van der Waals surface area contributed by atoms with E-state index < -0.39 is 5.54 Å². The van der Waals surface area contributed by atoms with Gasteiger partial charge < -0.3 is 24.5 Å². The molecule has 0 spiro atoms. The van der Waals surface area contributed by atoms with Crippen molar-refractivity contribution >= 4 is 18.6 Å². The molecule has 2 aromatic carbocycles. The molecule has 36 heavy (non-hydrogen) atoms. The van der Waals surface area contributed by atoms with Crippen molar-refractivity contribution in [1.82, 2.24) is 15.1 Å². The maximum absolute atomic E-state index is 13.3. The van der Waals surface area contributed by atoms with Crippen LogP contribution in [0.15, 0.2) is 48.5 Å². The average molecular weight is 494 g/mol. The first-order valence-electron chi connectivity index (χ1n) is 12.8. The van der Waals surface area contributed by atoms with Crippen LogP contribution in [-0.4, -0.2) is 67.2 Å². The summed E-state index contributed by atoms with van der Waals surface area (Å²) in [7, 11) is 1.64. The minimum atomic E-state index is -0.830. The standard InChI is InChI=1S/C29H39N3O4/c1-23(2)20-30-28(35)32(15-11-24-7-9-27(36-3)10-8-24)29(22-34)13-16-31(17-14-29)21-26-6-4-5-25(19-26)12-18-33/h4-10,18-19,22-23H,11-17,20-21H2,1-3H3,(H,30,35). The van der Waals surface area contributed by atoms with Crippen molar-refractivity contribution in [2.45, 2.75) is 51.6 Å². The van der Waals surface area contributed by atoms with Crippen molar-refractivity contribution in [3.05, 3.63) is 65.2 Å². The van der Waals surface area contributed by atoms with Gasteiger partial charge in [0.1, 0.15) is 23.9 Å². The first kappa shape index (κ1) is 27.4. The molecule has 0 saturated carbocycles. The van der Waals surface area contributed by atoms with Gasteiger partial charge in [0.25, 0.3) is 0 Å². The van der Waals surface area contributed by atoms with E-state index in [1.165, 1.54) is 0 Å². The first-order valence-corrected chi connectivity index (χ1v) is 12.8.